The van der Waals surface area contributed by atoms with Gasteiger partial charge < -0.3 is 15.0 Å². The van der Waals surface area contributed by atoms with Gasteiger partial charge in [-0.15, -0.1) is 11.6 Å². The fraction of sp³-hybridized carbons (Fsp3) is 0.857. The quantitative estimate of drug-likeness (QED) is 0.449. The average Bonchev–Trinajstić information content (AvgIpc) is 2.72. The summed E-state index contributed by atoms with van der Waals surface area (Å²) in [7, 11) is -3.15. The third-order valence-corrected chi connectivity index (χ3v) is 6.73. The summed E-state index contributed by atoms with van der Waals surface area (Å²) < 4.78 is 28.0. The van der Waals surface area contributed by atoms with Crippen LogP contribution in [0.3, 0.4) is 0 Å². The molecule has 0 bridgehead atoms. The van der Waals surface area contributed by atoms with Gasteiger partial charge in [-0.05, 0) is 6.92 Å². The van der Waals surface area contributed by atoms with Crippen molar-refractivity contribution in [2.45, 2.75) is 31.2 Å². The summed E-state index contributed by atoms with van der Waals surface area (Å²) in [5, 5.41) is 2.16. The SMILES string of the molecule is CCOC(=O)C1CC[NH+](CC(=O)N[C@H]2CS(=O)(=O)C[C@H]2Cl)CC1. The first-order chi connectivity index (χ1) is 10.8. The van der Waals surface area contributed by atoms with Crippen LogP contribution < -0.4 is 10.2 Å². The highest BCUT2D eigenvalue weighted by Gasteiger charge is 2.38. The molecule has 0 radical (unpaired) electrons. The minimum Gasteiger partial charge on any atom is -0.466 e. The molecular formula is C14H24ClN2O5S+. The molecule has 23 heavy (non-hydrogen) atoms. The number of hydrogen-bond acceptors (Lipinski definition) is 5. The van der Waals surface area contributed by atoms with Crippen LogP contribution in [0.1, 0.15) is 19.8 Å². The van der Waals surface area contributed by atoms with Crippen LogP contribution in [0.25, 0.3) is 0 Å². The van der Waals surface area contributed by atoms with Crippen LogP contribution in [0.5, 0.6) is 0 Å². The smallest absolute Gasteiger partial charge is 0.309 e. The van der Waals surface area contributed by atoms with Gasteiger partial charge in [0.05, 0.1) is 48.5 Å². The van der Waals surface area contributed by atoms with E-state index < -0.39 is 21.3 Å². The summed E-state index contributed by atoms with van der Waals surface area (Å²) in [6, 6.07) is -0.509. The van der Waals surface area contributed by atoms with Crippen molar-refractivity contribution in [2.75, 3.05) is 37.7 Å². The molecule has 2 fully saturated rings. The average molecular weight is 368 g/mol. The fourth-order valence-corrected chi connectivity index (χ4v) is 5.67. The lowest BCUT2D eigenvalue weighted by Gasteiger charge is -2.28. The molecule has 2 rings (SSSR count). The van der Waals surface area contributed by atoms with Crippen molar-refractivity contribution in [3.05, 3.63) is 0 Å². The molecule has 0 aromatic heterocycles. The van der Waals surface area contributed by atoms with Gasteiger partial charge in [-0.3, -0.25) is 9.59 Å². The predicted octanol–water partition coefficient (Wildman–Crippen LogP) is -1.63. The Morgan fingerprint density at radius 1 is 1.26 bits per heavy atom. The van der Waals surface area contributed by atoms with Crippen molar-refractivity contribution in [1.29, 1.82) is 0 Å². The van der Waals surface area contributed by atoms with E-state index in [-0.39, 0.29) is 35.8 Å². The Balaban J connectivity index is 1.74. The first kappa shape index (κ1) is 18.5. The largest absolute Gasteiger partial charge is 0.466 e. The highest BCUT2D eigenvalue weighted by Crippen LogP contribution is 2.17. The van der Waals surface area contributed by atoms with Gasteiger partial charge in [-0.1, -0.05) is 0 Å². The number of likely N-dealkylation sites (tertiary alicyclic amines) is 1. The maximum absolute atomic E-state index is 12.1. The van der Waals surface area contributed by atoms with Gasteiger partial charge in [0.2, 0.25) is 0 Å². The van der Waals surface area contributed by atoms with Crippen molar-refractivity contribution in [3.63, 3.8) is 0 Å². The highest BCUT2D eigenvalue weighted by molar-refractivity contribution is 7.91. The molecule has 0 unspecified atom stereocenters. The Bertz CT molecular complexity index is 545. The molecule has 2 N–H and O–H groups in total. The van der Waals surface area contributed by atoms with E-state index in [1.165, 1.54) is 0 Å². The predicted molar refractivity (Wildman–Crippen MR) is 85.1 cm³/mol. The number of carbonyl (C=O) groups excluding carboxylic acids is 2. The molecule has 0 aromatic carbocycles. The van der Waals surface area contributed by atoms with Gasteiger partial charge in [0.25, 0.3) is 5.91 Å². The van der Waals surface area contributed by atoms with Crippen LogP contribution in [0.2, 0.25) is 0 Å². The third-order valence-electron chi connectivity index (χ3n) is 4.35. The molecule has 132 valence electrons. The molecule has 7 nitrogen and oxygen atoms in total. The lowest BCUT2D eigenvalue weighted by molar-refractivity contribution is -0.897. The molecule has 2 atom stereocenters. The molecule has 1 amide bonds. The lowest BCUT2D eigenvalue weighted by Crippen LogP contribution is -3.14. The number of carbonyl (C=O) groups is 2. The second kappa shape index (κ2) is 7.81. The van der Waals surface area contributed by atoms with E-state index in [4.69, 9.17) is 16.3 Å². The van der Waals surface area contributed by atoms with E-state index in [0.717, 1.165) is 18.0 Å². The molecule has 2 aliphatic heterocycles. The van der Waals surface area contributed by atoms with Crippen LogP contribution in [-0.2, 0) is 24.2 Å². The molecule has 2 aliphatic rings. The van der Waals surface area contributed by atoms with Gasteiger partial charge in [0.15, 0.2) is 16.4 Å². The Morgan fingerprint density at radius 2 is 1.91 bits per heavy atom. The number of hydrogen-bond donors (Lipinski definition) is 2. The summed E-state index contributed by atoms with van der Waals surface area (Å²) in [4.78, 5) is 24.8. The highest BCUT2D eigenvalue weighted by atomic mass is 35.5. The zero-order valence-electron chi connectivity index (χ0n) is 13.2. The van der Waals surface area contributed by atoms with E-state index in [1.54, 1.807) is 6.92 Å². The van der Waals surface area contributed by atoms with Crippen LogP contribution in [0.15, 0.2) is 0 Å². The van der Waals surface area contributed by atoms with E-state index >= 15 is 0 Å². The van der Waals surface area contributed by atoms with Crippen LogP contribution in [0, 0.1) is 5.92 Å². The fourth-order valence-electron chi connectivity index (χ4n) is 3.12. The van der Waals surface area contributed by atoms with Crippen molar-refractivity contribution >= 4 is 33.3 Å². The summed E-state index contributed by atoms with van der Waals surface area (Å²) in [5.74, 6) is -0.599. The first-order valence-electron chi connectivity index (χ1n) is 7.94. The maximum atomic E-state index is 12.1. The number of esters is 1. The van der Waals surface area contributed by atoms with Crippen molar-refractivity contribution in [1.82, 2.24) is 5.32 Å². The third kappa shape index (κ3) is 5.32. The monoisotopic (exact) mass is 367 g/mol. The second-order valence-electron chi connectivity index (χ2n) is 6.22. The molecule has 2 saturated heterocycles. The number of quaternary nitrogens is 1. The summed E-state index contributed by atoms with van der Waals surface area (Å²) in [6.07, 6.45) is 1.41. The topological polar surface area (TPSA) is 94.0 Å². The van der Waals surface area contributed by atoms with Gasteiger partial charge in [0, 0.05) is 12.8 Å². The number of alkyl halides is 1. The van der Waals surface area contributed by atoms with Crippen molar-refractivity contribution in [3.8, 4) is 0 Å². The first-order valence-corrected chi connectivity index (χ1v) is 10.2. The zero-order valence-corrected chi connectivity index (χ0v) is 14.8. The Morgan fingerprint density at radius 3 is 2.43 bits per heavy atom. The van der Waals surface area contributed by atoms with Gasteiger partial charge in [-0.25, -0.2) is 8.42 Å². The van der Waals surface area contributed by atoms with E-state index in [0.29, 0.717) is 19.4 Å². The number of rotatable bonds is 5. The summed E-state index contributed by atoms with van der Waals surface area (Å²) >= 11 is 5.98. The van der Waals surface area contributed by atoms with E-state index in [2.05, 4.69) is 5.32 Å². The van der Waals surface area contributed by atoms with E-state index in [9.17, 15) is 18.0 Å². The normalized spacial score (nSPS) is 33.1. The molecule has 0 aliphatic carbocycles. The molecule has 0 aromatic rings. The van der Waals surface area contributed by atoms with Crippen molar-refractivity contribution < 1.29 is 27.6 Å². The Kier molecular flexibility index (Phi) is 6.27. The number of amides is 1. The van der Waals surface area contributed by atoms with Gasteiger partial charge >= 0.3 is 5.97 Å². The molecular weight excluding hydrogens is 344 g/mol. The van der Waals surface area contributed by atoms with Gasteiger partial charge in [-0.2, -0.15) is 0 Å². The molecule has 0 saturated carbocycles. The summed E-state index contributed by atoms with van der Waals surface area (Å²) in [6.45, 7) is 3.90. The Hall–Kier alpha value is -0.860. The van der Waals surface area contributed by atoms with E-state index in [1.807, 2.05) is 0 Å². The zero-order chi connectivity index (χ0) is 17.0. The minimum absolute atomic E-state index is 0.0750. The number of ether oxygens (including phenoxy) is 1. The number of nitrogens with one attached hydrogen (secondary N) is 2. The Labute approximate surface area is 141 Å². The lowest BCUT2D eigenvalue weighted by atomic mass is 9.97. The minimum atomic E-state index is -3.15. The number of piperidine rings is 1. The standard InChI is InChI=1S/C14H23ClN2O5S/c1-2-22-14(19)10-3-5-17(6-4-10)7-13(18)16-12-9-23(20,21)8-11(12)15/h10-12H,2-9H2,1H3,(H,16,18)/p+1/t11-,12+/m1/s1. The number of halogens is 1. The van der Waals surface area contributed by atoms with Crippen LogP contribution in [0.4, 0.5) is 0 Å². The number of sulfone groups is 1. The molecule has 0 spiro atoms. The molecule has 9 heteroatoms. The van der Waals surface area contributed by atoms with Crippen LogP contribution in [-0.4, -0.2) is 69.5 Å². The van der Waals surface area contributed by atoms with Crippen molar-refractivity contribution in [2.24, 2.45) is 5.92 Å². The maximum Gasteiger partial charge on any atom is 0.309 e. The summed E-state index contributed by atoms with van der Waals surface area (Å²) in [5.41, 5.74) is 0. The van der Waals surface area contributed by atoms with Gasteiger partial charge in [0.1, 0.15) is 0 Å². The van der Waals surface area contributed by atoms with Crippen LogP contribution >= 0.6 is 11.6 Å². The molecule has 2 heterocycles. The second-order valence-corrected chi connectivity index (χ2v) is 8.93.